The second-order valence-electron chi connectivity index (χ2n) is 4.70. The highest BCUT2D eigenvalue weighted by Gasteiger charge is 2.38. The van der Waals surface area contributed by atoms with E-state index in [4.69, 9.17) is 9.47 Å². The lowest BCUT2D eigenvalue weighted by Crippen LogP contribution is -2.34. The van der Waals surface area contributed by atoms with Crippen LogP contribution in [0.4, 0.5) is 0 Å². The Morgan fingerprint density at radius 1 is 1.67 bits per heavy atom. The third-order valence-electron chi connectivity index (χ3n) is 3.47. The van der Waals surface area contributed by atoms with Crippen molar-refractivity contribution >= 4 is 5.78 Å². The second kappa shape index (κ2) is 5.08. The lowest BCUT2D eigenvalue weighted by molar-refractivity contribution is -0.217. The zero-order chi connectivity index (χ0) is 11.5. The van der Waals surface area contributed by atoms with Crippen molar-refractivity contribution in [3.8, 4) is 0 Å². The topological polar surface area (TPSA) is 35.5 Å². The van der Waals surface area contributed by atoms with Crippen molar-refractivity contribution in [1.29, 1.82) is 0 Å². The Labute approximate surface area is 92.1 Å². The van der Waals surface area contributed by atoms with E-state index in [1.54, 1.807) is 6.92 Å². The molecule has 15 heavy (non-hydrogen) atoms. The van der Waals surface area contributed by atoms with Crippen molar-refractivity contribution in [3.63, 3.8) is 0 Å². The number of hydrogen-bond donors (Lipinski definition) is 0. The molecule has 0 N–H and O–H groups in total. The summed E-state index contributed by atoms with van der Waals surface area (Å²) in [6.07, 6.45) is 1.83. The largest absolute Gasteiger partial charge is 0.350 e. The summed E-state index contributed by atoms with van der Waals surface area (Å²) in [6, 6.07) is 0. The van der Waals surface area contributed by atoms with Gasteiger partial charge in [-0.05, 0) is 26.7 Å². The number of ether oxygens (including phenoxy) is 2. The van der Waals surface area contributed by atoms with Gasteiger partial charge in [-0.2, -0.15) is 0 Å². The molecule has 1 aliphatic rings. The SMILES string of the molecule is CC(=O)[C@H](C)CCO[C@@]1(C)OCC[C@@H]1C. The highest BCUT2D eigenvalue weighted by Crippen LogP contribution is 2.32. The molecule has 0 aromatic heterocycles. The fourth-order valence-electron chi connectivity index (χ4n) is 1.67. The first kappa shape index (κ1) is 12.7. The Bertz CT molecular complexity index is 227. The molecule has 3 atom stereocenters. The number of rotatable bonds is 5. The minimum atomic E-state index is -0.434. The van der Waals surface area contributed by atoms with Crippen molar-refractivity contribution in [3.05, 3.63) is 0 Å². The van der Waals surface area contributed by atoms with Crippen molar-refractivity contribution in [2.75, 3.05) is 13.2 Å². The Hall–Kier alpha value is -0.410. The number of carbonyl (C=O) groups excluding carboxylic acids is 1. The summed E-state index contributed by atoms with van der Waals surface area (Å²) < 4.78 is 11.3. The third-order valence-corrected chi connectivity index (χ3v) is 3.47. The van der Waals surface area contributed by atoms with Crippen LogP contribution in [0.3, 0.4) is 0 Å². The van der Waals surface area contributed by atoms with E-state index >= 15 is 0 Å². The van der Waals surface area contributed by atoms with Crippen LogP contribution in [0.15, 0.2) is 0 Å². The van der Waals surface area contributed by atoms with Gasteiger partial charge in [-0.3, -0.25) is 4.79 Å². The average molecular weight is 214 g/mol. The molecule has 3 heteroatoms. The monoisotopic (exact) mass is 214 g/mol. The zero-order valence-corrected chi connectivity index (χ0v) is 10.2. The van der Waals surface area contributed by atoms with Gasteiger partial charge in [0.05, 0.1) is 13.2 Å². The highest BCUT2D eigenvalue weighted by atomic mass is 16.7. The van der Waals surface area contributed by atoms with Gasteiger partial charge in [-0.1, -0.05) is 13.8 Å². The normalized spacial score (nSPS) is 32.9. The van der Waals surface area contributed by atoms with Crippen LogP contribution in [0.1, 0.15) is 40.5 Å². The Morgan fingerprint density at radius 2 is 2.33 bits per heavy atom. The molecule has 1 aliphatic heterocycles. The predicted octanol–water partition coefficient (Wildman–Crippen LogP) is 2.39. The van der Waals surface area contributed by atoms with E-state index in [9.17, 15) is 4.79 Å². The summed E-state index contributed by atoms with van der Waals surface area (Å²) >= 11 is 0. The van der Waals surface area contributed by atoms with Crippen LogP contribution in [0, 0.1) is 11.8 Å². The zero-order valence-electron chi connectivity index (χ0n) is 10.2. The lowest BCUT2D eigenvalue weighted by Gasteiger charge is -2.28. The van der Waals surface area contributed by atoms with E-state index in [0.717, 1.165) is 19.4 Å². The van der Waals surface area contributed by atoms with Crippen LogP contribution in [-0.4, -0.2) is 24.8 Å². The Balaban J connectivity index is 2.28. The maximum atomic E-state index is 11.0. The van der Waals surface area contributed by atoms with Crippen LogP contribution in [0.25, 0.3) is 0 Å². The number of ketones is 1. The van der Waals surface area contributed by atoms with E-state index in [1.807, 2.05) is 13.8 Å². The van der Waals surface area contributed by atoms with Gasteiger partial charge in [0.2, 0.25) is 0 Å². The maximum Gasteiger partial charge on any atom is 0.168 e. The van der Waals surface area contributed by atoms with E-state index in [1.165, 1.54) is 0 Å². The molecule has 1 heterocycles. The molecular weight excluding hydrogens is 192 g/mol. The van der Waals surface area contributed by atoms with Gasteiger partial charge in [0, 0.05) is 11.8 Å². The van der Waals surface area contributed by atoms with Crippen LogP contribution in [0.2, 0.25) is 0 Å². The van der Waals surface area contributed by atoms with Crippen molar-refractivity contribution in [2.24, 2.45) is 11.8 Å². The van der Waals surface area contributed by atoms with E-state index in [-0.39, 0.29) is 11.7 Å². The molecule has 0 spiro atoms. The van der Waals surface area contributed by atoms with Gasteiger partial charge < -0.3 is 9.47 Å². The van der Waals surface area contributed by atoms with Crippen LogP contribution >= 0.6 is 0 Å². The summed E-state index contributed by atoms with van der Waals surface area (Å²) in [5, 5.41) is 0. The Kier molecular flexibility index (Phi) is 4.29. The van der Waals surface area contributed by atoms with Gasteiger partial charge in [0.25, 0.3) is 0 Å². The maximum absolute atomic E-state index is 11.0. The summed E-state index contributed by atoms with van der Waals surface area (Å²) in [5.41, 5.74) is 0. The number of Topliss-reactive ketones (excluding diaryl/α,β-unsaturated/α-hetero) is 1. The number of hydrogen-bond acceptors (Lipinski definition) is 3. The van der Waals surface area contributed by atoms with Gasteiger partial charge >= 0.3 is 0 Å². The van der Waals surface area contributed by atoms with Gasteiger partial charge in [0.1, 0.15) is 5.78 Å². The molecule has 0 aromatic rings. The molecule has 3 nitrogen and oxygen atoms in total. The van der Waals surface area contributed by atoms with Gasteiger partial charge in [0.15, 0.2) is 5.79 Å². The highest BCUT2D eigenvalue weighted by molar-refractivity contribution is 5.77. The first-order valence-electron chi connectivity index (χ1n) is 5.74. The molecule has 0 aromatic carbocycles. The summed E-state index contributed by atoms with van der Waals surface area (Å²) in [6.45, 7) is 9.07. The fraction of sp³-hybridized carbons (Fsp3) is 0.917. The molecule has 1 saturated heterocycles. The van der Waals surface area contributed by atoms with Gasteiger partial charge in [-0.25, -0.2) is 0 Å². The summed E-state index contributed by atoms with van der Waals surface area (Å²) in [4.78, 5) is 11.0. The van der Waals surface area contributed by atoms with E-state index in [0.29, 0.717) is 12.5 Å². The van der Waals surface area contributed by atoms with E-state index < -0.39 is 5.79 Å². The summed E-state index contributed by atoms with van der Waals surface area (Å²) in [5.74, 6) is 0.316. The van der Waals surface area contributed by atoms with Crippen LogP contribution < -0.4 is 0 Å². The second-order valence-corrected chi connectivity index (χ2v) is 4.70. The van der Waals surface area contributed by atoms with Crippen LogP contribution in [0.5, 0.6) is 0 Å². The first-order valence-corrected chi connectivity index (χ1v) is 5.74. The van der Waals surface area contributed by atoms with Gasteiger partial charge in [-0.15, -0.1) is 0 Å². The van der Waals surface area contributed by atoms with Crippen molar-refractivity contribution < 1.29 is 14.3 Å². The van der Waals surface area contributed by atoms with E-state index in [2.05, 4.69) is 6.92 Å². The minimum absolute atomic E-state index is 0.0882. The molecule has 0 bridgehead atoms. The Morgan fingerprint density at radius 3 is 2.80 bits per heavy atom. The molecule has 88 valence electrons. The molecule has 0 aliphatic carbocycles. The van der Waals surface area contributed by atoms with Crippen molar-refractivity contribution in [2.45, 2.75) is 46.3 Å². The van der Waals surface area contributed by atoms with Crippen LogP contribution in [-0.2, 0) is 14.3 Å². The molecule has 0 saturated carbocycles. The molecule has 0 radical (unpaired) electrons. The summed E-state index contributed by atoms with van der Waals surface area (Å²) in [7, 11) is 0. The number of carbonyl (C=O) groups is 1. The fourth-order valence-corrected chi connectivity index (χ4v) is 1.67. The molecule has 1 rings (SSSR count). The minimum Gasteiger partial charge on any atom is -0.350 e. The molecule has 0 amide bonds. The predicted molar refractivity (Wildman–Crippen MR) is 58.6 cm³/mol. The standard InChI is InChI=1S/C12H22O3/c1-9(11(3)13)5-7-14-12(4)10(2)6-8-15-12/h9-10H,5-8H2,1-4H3/t9-,10+,12+/m1/s1. The molecule has 1 fully saturated rings. The average Bonchev–Trinajstić information content (AvgIpc) is 2.47. The van der Waals surface area contributed by atoms with Crippen molar-refractivity contribution in [1.82, 2.24) is 0 Å². The first-order chi connectivity index (χ1) is 6.96. The quantitative estimate of drug-likeness (QED) is 0.705. The molecule has 0 unspecified atom stereocenters. The smallest absolute Gasteiger partial charge is 0.168 e. The molecular formula is C12H22O3. The lowest BCUT2D eigenvalue weighted by atomic mass is 10.0. The third kappa shape index (κ3) is 3.28.